The Bertz CT molecular complexity index is 1630. The van der Waals surface area contributed by atoms with E-state index in [1.165, 1.54) is 16.3 Å². The fourth-order valence-corrected chi connectivity index (χ4v) is 6.88. The molecular weight excluding hydrogens is 644 g/mol. The second-order valence-electron chi connectivity index (χ2n) is 13.3. The minimum atomic E-state index is -2.78. The molecule has 1 aliphatic heterocycles. The number of halogens is 2. The van der Waals surface area contributed by atoms with E-state index in [1.54, 1.807) is 38.1 Å². The molecule has 0 bridgehead atoms. The number of primary amides is 1. The van der Waals surface area contributed by atoms with Crippen molar-refractivity contribution in [1.82, 2.24) is 24.9 Å². The summed E-state index contributed by atoms with van der Waals surface area (Å²) in [5.74, 6) is -5.49. The average Bonchev–Trinajstić information content (AvgIpc) is 3.54. The van der Waals surface area contributed by atoms with Gasteiger partial charge in [0.2, 0.25) is 23.6 Å². The smallest absolute Gasteiger partial charge is 0.266 e. The lowest BCUT2D eigenvalue weighted by Gasteiger charge is -2.36. The number of piperazine rings is 1. The van der Waals surface area contributed by atoms with Gasteiger partial charge in [0.1, 0.15) is 11.7 Å². The number of anilines is 1. The quantitative estimate of drug-likeness (QED) is 0.244. The van der Waals surface area contributed by atoms with Crippen molar-refractivity contribution < 1.29 is 28.0 Å². The number of carbonyl (C=O) groups is 4. The summed E-state index contributed by atoms with van der Waals surface area (Å²) < 4.78 is 29.5. The first-order valence-corrected chi connectivity index (χ1v) is 17.5. The number of nitrogens with zero attached hydrogens (tertiary/aromatic N) is 4. The summed E-state index contributed by atoms with van der Waals surface area (Å²) in [5, 5.41) is 10.3. The van der Waals surface area contributed by atoms with Crippen LogP contribution in [0.3, 0.4) is 0 Å². The highest BCUT2D eigenvalue weighted by atomic mass is 19.3. The van der Waals surface area contributed by atoms with Crippen LogP contribution in [0.25, 0.3) is 0 Å². The number of nitrogens with one attached hydrogen (secondary N) is 2. The zero-order valence-electron chi connectivity index (χ0n) is 28.7. The number of hydrogen-bond donors (Lipinski definition) is 3. The van der Waals surface area contributed by atoms with Crippen LogP contribution < -0.4 is 16.4 Å². The normalized spacial score (nSPS) is 17.9. The average molecular weight is 692 g/mol. The van der Waals surface area contributed by atoms with Crippen LogP contribution >= 0.6 is 0 Å². The van der Waals surface area contributed by atoms with Crippen LogP contribution in [0.4, 0.5) is 14.5 Å². The molecule has 1 saturated carbocycles. The number of amides is 4. The number of aromatic nitrogens is 2. The number of rotatable bonds is 13. The first-order valence-electron chi connectivity index (χ1n) is 17.5. The van der Waals surface area contributed by atoms with Crippen molar-refractivity contribution in [2.75, 3.05) is 31.5 Å². The van der Waals surface area contributed by atoms with Crippen molar-refractivity contribution >= 4 is 29.3 Å². The second-order valence-corrected chi connectivity index (χ2v) is 13.3. The van der Waals surface area contributed by atoms with E-state index in [2.05, 4.69) is 32.8 Å². The van der Waals surface area contributed by atoms with Gasteiger partial charge in [0.05, 0.1) is 11.6 Å². The third-order valence-electron chi connectivity index (χ3n) is 9.73. The number of aryl methyl sites for hydroxylation is 1. The van der Waals surface area contributed by atoms with Crippen LogP contribution in [0.15, 0.2) is 60.7 Å². The SMILES string of the molecule is CCC(=O)N[C@H](Cc1ccc(NC(=O)[C@H](c2cc(C(N)=O)n(CC)n2)C2CCC(F)(F)CC2)cc1)C(=O)N1CCN(Cc2ccccc2)CC1. The summed E-state index contributed by atoms with van der Waals surface area (Å²) >= 11 is 0. The van der Waals surface area contributed by atoms with Crippen LogP contribution in [0.1, 0.15) is 79.2 Å². The standard InChI is InChI=1S/C37H47F2N7O4/c1-3-32(47)42-30(36(50)45-20-18-44(19-21-45)24-26-8-6-5-7-9-26)22-25-10-12-28(13-11-25)41-35(49)33(27-14-16-37(38,39)17-15-27)29-23-31(34(40)48)46(4-2)43-29/h5-13,23,27,30,33H,3-4,14-22,24H2,1-2H3,(H2,40,48)(H,41,49)(H,42,47)/t30-,33+/m1/s1. The number of alkyl halides is 2. The first kappa shape index (κ1) is 36.6. The monoisotopic (exact) mass is 691 g/mol. The Labute approximate surface area is 291 Å². The molecule has 3 aromatic rings. The van der Waals surface area contributed by atoms with E-state index < -0.39 is 35.6 Å². The van der Waals surface area contributed by atoms with Gasteiger partial charge >= 0.3 is 0 Å². The molecule has 13 heteroatoms. The van der Waals surface area contributed by atoms with Crippen molar-refractivity contribution in [2.45, 2.75) is 83.3 Å². The van der Waals surface area contributed by atoms with Crippen molar-refractivity contribution in [3.63, 3.8) is 0 Å². The Kier molecular flexibility index (Phi) is 12.0. The molecule has 1 aliphatic carbocycles. The van der Waals surface area contributed by atoms with Gasteiger partial charge in [0.15, 0.2) is 0 Å². The second kappa shape index (κ2) is 16.4. The Morgan fingerprint density at radius 1 is 0.940 bits per heavy atom. The fourth-order valence-electron chi connectivity index (χ4n) is 6.88. The first-order chi connectivity index (χ1) is 24.0. The molecule has 2 heterocycles. The maximum atomic E-state index is 14.1. The molecule has 1 aromatic heterocycles. The molecule has 11 nitrogen and oxygen atoms in total. The zero-order valence-corrected chi connectivity index (χ0v) is 28.7. The Morgan fingerprint density at radius 3 is 2.18 bits per heavy atom. The van der Waals surface area contributed by atoms with E-state index >= 15 is 0 Å². The lowest BCUT2D eigenvalue weighted by Crippen LogP contribution is -2.55. The van der Waals surface area contributed by atoms with Crippen molar-refractivity contribution in [3.05, 3.63) is 83.2 Å². The molecule has 4 amide bonds. The van der Waals surface area contributed by atoms with Gasteiger partial charge in [-0.3, -0.25) is 28.8 Å². The zero-order chi connectivity index (χ0) is 35.8. The van der Waals surface area contributed by atoms with E-state index in [0.29, 0.717) is 31.0 Å². The molecular formula is C37H47F2N7O4. The molecule has 2 aromatic carbocycles. The lowest BCUT2D eigenvalue weighted by molar-refractivity contribution is -0.138. The third-order valence-corrected chi connectivity index (χ3v) is 9.73. The number of carbonyl (C=O) groups excluding carboxylic acids is 4. The molecule has 2 fully saturated rings. The van der Waals surface area contributed by atoms with Gasteiger partial charge in [-0.1, -0.05) is 49.4 Å². The highest BCUT2D eigenvalue weighted by Gasteiger charge is 2.41. The van der Waals surface area contributed by atoms with Crippen LogP contribution in [0.2, 0.25) is 0 Å². The number of nitrogens with two attached hydrogens (primary N) is 1. The molecule has 0 unspecified atom stereocenters. The van der Waals surface area contributed by atoms with Gasteiger partial charge < -0.3 is 21.3 Å². The molecule has 4 N–H and O–H groups in total. The van der Waals surface area contributed by atoms with E-state index in [0.717, 1.165) is 25.2 Å². The molecule has 5 rings (SSSR count). The summed E-state index contributed by atoms with van der Waals surface area (Å²) in [6.07, 6.45) is 0.130. The van der Waals surface area contributed by atoms with Crippen molar-refractivity contribution in [2.24, 2.45) is 11.7 Å². The minimum Gasteiger partial charge on any atom is -0.364 e. The minimum absolute atomic E-state index is 0.133. The van der Waals surface area contributed by atoms with Crippen LogP contribution in [0, 0.1) is 5.92 Å². The van der Waals surface area contributed by atoms with Gasteiger partial charge in [0.25, 0.3) is 5.91 Å². The fraction of sp³-hybridized carbons (Fsp3) is 0.486. The molecule has 2 atom stereocenters. The van der Waals surface area contributed by atoms with Gasteiger partial charge in [-0.2, -0.15) is 5.10 Å². The van der Waals surface area contributed by atoms with E-state index in [4.69, 9.17) is 5.73 Å². The van der Waals surface area contributed by atoms with E-state index in [-0.39, 0.29) is 56.0 Å². The molecule has 0 spiro atoms. The lowest BCUT2D eigenvalue weighted by atomic mass is 9.76. The van der Waals surface area contributed by atoms with Crippen molar-refractivity contribution in [3.8, 4) is 0 Å². The summed E-state index contributed by atoms with van der Waals surface area (Å²) in [7, 11) is 0. The van der Waals surface area contributed by atoms with E-state index in [1.807, 2.05) is 23.1 Å². The summed E-state index contributed by atoms with van der Waals surface area (Å²) in [6, 6.07) is 17.9. The maximum absolute atomic E-state index is 14.1. The Balaban J connectivity index is 1.25. The maximum Gasteiger partial charge on any atom is 0.266 e. The van der Waals surface area contributed by atoms with Crippen LogP contribution in [-0.2, 0) is 33.9 Å². The Hall–Kier alpha value is -4.65. The largest absolute Gasteiger partial charge is 0.364 e. The third kappa shape index (κ3) is 9.32. The van der Waals surface area contributed by atoms with Gasteiger partial charge in [0, 0.05) is 70.6 Å². The summed E-state index contributed by atoms with van der Waals surface area (Å²) in [6.45, 7) is 7.29. The van der Waals surface area contributed by atoms with Crippen LogP contribution in [-0.4, -0.2) is 81.4 Å². The highest BCUT2D eigenvalue weighted by molar-refractivity contribution is 5.97. The number of hydrogen-bond acceptors (Lipinski definition) is 6. The predicted molar refractivity (Wildman–Crippen MR) is 185 cm³/mol. The predicted octanol–water partition coefficient (Wildman–Crippen LogP) is 4.33. The molecule has 2 aliphatic rings. The van der Waals surface area contributed by atoms with E-state index in [9.17, 15) is 28.0 Å². The van der Waals surface area contributed by atoms with Crippen LogP contribution in [0.5, 0.6) is 0 Å². The highest BCUT2D eigenvalue weighted by Crippen LogP contribution is 2.42. The van der Waals surface area contributed by atoms with Gasteiger partial charge in [-0.05, 0) is 55.0 Å². The number of benzene rings is 2. The molecule has 268 valence electrons. The molecule has 50 heavy (non-hydrogen) atoms. The summed E-state index contributed by atoms with van der Waals surface area (Å²) in [4.78, 5) is 56.1. The molecule has 0 radical (unpaired) electrons. The topological polar surface area (TPSA) is 143 Å². The van der Waals surface area contributed by atoms with Gasteiger partial charge in [-0.25, -0.2) is 8.78 Å². The van der Waals surface area contributed by atoms with Crippen molar-refractivity contribution in [1.29, 1.82) is 0 Å². The summed E-state index contributed by atoms with van der Waals surface area (Å²) in [5.41, 5.74) is 8.50. The van der Waals surface area contributed by atoms with Gasteiger partial charge in [-0.15, -0.1) is 0 Å². The Morgan fingerprint density at radius 2 is 1.60 bits per heavy atom. The molecule has 1 saturated heterocycles.